The van der Waals surface area contributed by atoms with Gasteiger partial charge in [-0.1, -0.05) is 29.3 Å². The van der Waals surface area contributed by atoms with Crippen molar-refractivity contribution >= 4 is 34.7 Å². The molecule has 18 heavy (non-hydrogen) atoms. The molecule has 2 aromatic rings. The van der Waals surface area contributed by atoms with E-state index in [1.165, 1.54) is 0 Å². The van der Waals surface area contributed by atoms with E-state index < -0.39 is 0 Å². The van der Waals surface area contributed by atoms with Gasteiger partial charge in [0.25, 0.3) is 0 Å². The van der Waals surface area contributed by atoms with E-state index in [1.54, 1.807) is 30.3 Å². The Morgan fingerprint density at radius 3 is 2.50 bits per heavy atom. The number of para-hydroxylation sites is 1. The van der Waals surface area contributed by atoms with Gasteiger partial charge in [0, 0.05) is 5.69 Å². The van der Waals surface area contributed by atoms with E-state index in [-0.39, 0.29) is 0 Å². The summed E-state index contributed by atoms with van der Waals surface area (Å²) >= 11 is 12.1. The van der Waals surface area contributed by atoms with E-state index in [4.69, 9.17) is 28.5 Å². The van der Waals surface area contributed by atoms with Crippen LogP contribution in [-0.2, 0) is 0 Å². The maximum Gasteiger partial charge on any atom is 0.131 e. The van der Waals surface area contributed by atoms with E-state index in [1.807, 2.05) is 6.92 Å². The average molecular weight is 278 g/mol. The van der Waals surface area contributed by atoms with Gasteiger partial charge in [-0.25, -0.2) is 4.98 Å². The third-order valence-electron chi connectivity index (χ3n) is 2.30. The number of nitrogens with zero attached hydrogens (tertiary/aromatic N) is 2. The SMILES string of the molecule is Cc1cc(C#N)cc(Nc2c(Cl)cccc2Cl)n1. The average Bonchev–Trinajstić information content (AvgIpc) is 2.33. The monoisotopic (exact) mass is 277 g/mol. The summed E-state index contributed by atoms with van der Waals surface area (Å²) in [6, 6.07) is 10.7. The summed E-state index contributed by atoms with van der Waals surface area (Å²) in [5.74, 6) is 0.543. The Balaban J connectivity index is 2.40. The predicted molar refractivity (Wildman–Crippen MR) is 73.4 cm³/mol. The van der Waals surface area contributed by atoms with E-state index in [9.17, 15) is 0 Å². The fourth-order valence-corrected chi connectivity index (χ4v) is 2.03. The van der Waals surface area contributed by atoms with Crippen LogP contribution in [0.25, 0.3) is 0 Å². The predicted octanol–water partition coefficient (Wildman–Crippen LogP) is 4.31. The largest absolute Gasteiger partial charge is 0.338 e. The number of aryl methyl sites for hydroxylation is 1. The number of rotatable bonds is 2. The van der Waals surface area contributed by atoms with Gasteiger partial charge in [0.1, 0.15) is 5.82 Å². The first-order valence-electron chi connectivity index (χ1n) is 5.20. The smallest absolute Gasteiger partial charge is 0.131 e. The van der Waals surface area contributed by atoms with Crippen LogP contribution in [-0.4, -0.2) is 4.98 Å². The molecule has 5 heteroatoms. The Labute approximate surface area is 115 Å². The molecule has 0 spiro atoms. The summed E-state index contributed by atoms with van der Waals surface area (Å²) in [6.45, 7) is 1.82. The molecular formula is C13H9Cl2N3. The molecule has 1 aromatic heterocycles. The molecule has 0 aliphatic heterocycles. The molecule has 3 nitrogen and oxygen atoms in total. The van der Waals surface area contributed by atoms with Crippen LogP contribution in [0.2, 0.25) is 10.0 Å². The Kier molecular flexibility index (Phi) is 3.71. The van der Waals surface area contributed by atoms with E-state index in [2.05, 4.69) is 16.4 Å². The lowest BCUT2D eigenvalue weighted by Crippen LogP contribution is -1.97. The lowest BCUT2D eigenvalue weighted by molar-refractivity contribution is 1.19. The van der Waals surface area contributed by atoms with Crippen LogP contribution in [0.5, 0.6) is 0 Å². The van der Waals surface area contributed by atoms with Crippen molar-refractivity contribution in [1.29, 1.82) is 5.26 Å². The van der Waals surface area contributed by atoms with Crippen molar-refractivity contribution in [2.45, 2.75) is 6.92 Å². The van der Waals surface area contributed by atoms with Crippen molar-refractivity contribution in [3.63, 3.8) is 0 Å². The van der Waals surface area contributed by atoms with Crippen molar-refractivity contribution in [3.05, 3.63) is 51.6 Å². The first-order valence-corrected chi connectivity index (χ1v) is 5.95. The van der Waals surface area contributed by atoms with Gasteiger partial charge in [-0.2, -0.15) is 5.26 Å². The lowest BCUT2D eigenvalue weighted by Gasteiger charge is -2.10. The number of halogens is 2. The maximum absolute atomic E-state index is 8.90. The van der Waals surface area contributed by atoms with Gasteiger partial charge in [-0.05, 0) is 31.2 Å². The highest BCUT2D eigenvalue weighted by Gasteiger charge is 2.07. The van der Waals surface area contributed by atoms with Gasteiger partial charge < -0.3 is 5.32 Å². The number of pyridine rings is 1. The van der Waals surface area contributed by atoms with Gasteiger partial charge in [-0.3, -0.25) is 0 Å². The van der Waals surface area contributed by atoms with Crippen molar-refractivity contribution in [2.24, 2.45) is 0 Å². The van der Waals surface area contributed by atoms with Crippen molar-refractivity contribution < 1.29 is 0 Å². The minimum absolute atomic E-state index is 0.504. The third kappa shape index (κ3) is 2.73. The summed E-state index contributed by atoms with van der Waals surface area (Å²) in [5, 5.41) is 12.9. The summed E-state index contributed by atoms with van der Waals surface area (Å²) in [5.41, 5.74) is 1.87. The van der Waals surface area contributed by atoms with Gasteiger partial charge in [0.15, 0.2) is 0 Å². The van der Waals surface area contributed by atoms with Crippen LogP contribution in [0.3, 0.4) is 0 Å². The normalized spacial score (nSPS) is 9.89. The highest BCUT2D eigenvalue weighted by molar-refractivity contribution is 6.39. The Morgan fingerprint density at radius 2 is 1.89 bits per heavy atom. The summed E-state index contributed by atoms with van der Waals surface area (Å²) in [4.78, 5) is 4.28. The number of nitriles is 1. The standard InChI is InChI=1S/C13H9Cl2N3/c1-8-5-9(7-16)6-12(17-8)18-13-10(14)3-2-4-11(13)15/h2-6H,1H3,(H,17,18). The van der Waals surface area contributed by atoms with Crippen LogP contribution in [0, 0.1) is 18.3 Å². The summed E-state index contributed by atoms with van der Waals surface area (Å²) in [6.07, 6.45) is 0. The van der Waals surface area contributed by atoms with Gasteiger partial charge in [0.2, 0.25) is 0 Å². The highest BCUT2D eigenvalue weighted by Crippen LogP contribution is 2.32. The topological polar surface area (TPSA) is 48.7 Å². The van der Waals surface area contributed by atoms with Crippen molar-refractivity contribution in [1.82, 2.24) is 4.98 Å². The Morgan fingerprint density at radius 1 is 1.22 bits per heavy atom. The van der Waals surface area contributed by atoms with Crippen LogP contribution >= 0.6 is 23.2 Å². The third-order valence-corrected chi connectivity index (χ3v) is 2.93. The molecule has 0 saturated heterocycles. The number of aromatic nitrogens is 1. The second kappa shape index (κ2) is 5.26. The molecule has 1 N–H and O–H groups in total. The summed E-state index contributed by atoms with van der Waals surface area (Å²) < 4.78 is 0. The minimum atomic E-state index is 0.504. The molecule has 0 radical (unpaired) electrons. The second-order valence-electron chi connectivity index (χ2n) is 3.72. The van der Waals surface area contributed by atoms with Gasteiger partial charge in [0.05, 0.1) is 27.4 Å². The molecule has 1 heterocycles. The fourth-order valence-electron chi connectivity index (χ4n) is 1.54. The summed E-state index contributed by atoms with van der Waals surface area (Å²) in [7, 11) is 0. The zero-order chi connectivity index (χ0) is 13.1. The maximum atomic E-state index is 8.90. The molecule has 2 rings (SSSR count). The molecular weight excluding hydrogens is 269 g/mol. The van der Waals surface area contributed by atoms with E-state index in [0.717, 1.165) is 5.69 Å². The molecule has 0 atom stereocenters. The molecule has 0 fully saturated rings. The first kappa shape index (κ1) is 12.7. The number of benzene rings is 1. The fraction of sp³-hybridized carbons (Fsp3) is 0.0769. The zero-order valence-corrected chi connectivity index (χ0v) is 11.0. The zero-order valence-electron chi connectivity index (χ0n) is 9.54. The van der Waals surface area contributed by atoms with Crippen LogP contribution in [0.15, 0.2) is 30.3 Å². The molecule has 0 saturated carbocycles. The quantitative estimate of drug-likeness (QED) is 0.890. The van der Waals surface area contributed by atoms with Gasteiger partial charge in [-0.15, -0.1) is 0 Å². The Bertz CT molecular complexity index is 612. The minimum Gasteiger partial charge on any atom is -0.338 e. The molecule has 90 valence electrons. The molecule has 0 aliphatic rings. The number of nitrogens with one attached hydrogen (secondary N) is 1. The lowest BCUT2D eigenvalue weighted by atomic mass is 10.2. The molecule has 0 bridgehead atoms. The van der Waals surface area contributed by atoms with Crippen LogP contribution in [0.1, 0.15) is 11.3 Å². The molecule has 0 aliphatic carbocycles. The Hall–Kier alpha value is -1.76. The van der Waals surface area contributed by atoms with Gasteiger partial charge >= 0.3 is 0 Å². The number of anilines is 2. The van der Waals surface area contributed by atoms with Crippen LogP contribution < -0.4 is 5.32 Å². The van der Waals surface area contributed by atoms with E-state index in [0.29, 0.717) is 27.1 Å². The molecule has 1 aromatic carbocycles. The van der Waals surface area contributed by atoms with Crippen molar-refractivity contribution in [3.8, 4) is 6.07 Å². The van der Waals surface area contributed by atoms with Crippen LogP contribution in [0.4, 0.5) is 11.5 Å². The molecule has 0 unspecified atom stereocenters. The second-order valence-corrected chi connectivity index (χ2v) is 4.53. The molecule has 0 amide bonds. The number of hydrogen-bond acceptors (Lipinski definition) is 3. The first-order chi connectivity index (χ1) is 8.60. The van der Waals surface area contributed by atoms with Crippen molar-refractivity contribution in [2.75, 3.05) is 5.32 Å². The van der Waals surface area contributed by atoms with E-state index >= 15 is 0 Å². The number of hydrogen-bond donors (Lipinski definition) is 1. The highest BCUT2D eigenvalue weighted by atomic mass is 35.5.